The van der Waals surface area contributed by atoms with Gasteiger partial charge in [0.1, 0.15) is 0 Å². The first-order valence-electron chi connectivity index (χ1n) is 15.6. The average Bonchev–Trinajstić information content (AvgIpc) is 3.13. The van der Waals surface area contributed by atoms with Crippen molar-refractivity contribution in [3.8, 4) is 0 Å². The van der Waals surface area contributed by atoms with Gasteiger partial charge >= 0.3 is 41.8 Å². The molecule has 0 aromatic carbocycles. The summed E-state index contributed by atoms with van der Waals surface area (Å²) in [6, 6.07) is 0. The minimum absolute atomic E-state index is 0.141. The smallest absolute Gasteiger partial charge is 0.330 e. The van der Waals surface area contributed by atoms with E-state index < -0.39 is 92.3 Å². The van der Waals surface area contributed by atoms with E-state index in [4.69, 9.17) is 71.1 Å². The fourth-order valence-electron chi connectivity index (χ4n) is 1.06. The van der Waals surface area contributed by atoms with Crippen molar-refractivity contribution in [3.63, 3.8) is 0 Å². The highest BCUT2D eigenvalue weighted by atomic mass is 16.5. The van der Waals surface area contributed by atoms with Crippen LogP contribution < -0.4 is 0 Å². The number of rotatable bonds is 17. The lowest BCUT2D eigenvalue weighted by Crippen LogP contribution is -2.43. The molecule has 13 N–H and O–H groups in total. The summed E-state index contributed by atoms with van der Waals surface area (Å²) in [6.45, 7) is 27.6. The van der Waals surface area contributed by atoms with Crippen LogP contribution in [0.1, 0.15) is 41.5 Å². The van der Waals surface area contributed by atoms with Crippen LogP contribution in [0.3, 0.4) is 0 Å². The van der Waals surface area contributed by atoms with Gasteiger partial charge in [-0.15, -0.1) is 0 Å². The zero-order chi connectivity index (χ0) is 48.6. The van der Waals surface area contributed by atoms with E-state index in [-0.39, 0.29) is 46.7 Å². The molecule has 0 amide bonds. The van der Waals surface area contributed by atoms with Gasteiger partial charge in [0.2, 0.25) is 0 Å². The van der Waals surface area contributed by atoms with Gasteiger partial charge in [-0.25, -0.2) is 33.6 Å². The number of aliphatic hydroxyl groups excluding tert-OH is 6. The number of carboxylic acid groups (broad SMARTS) is 7. The van der Waals surface area contributed by atoms with Crippen LogP contribution in [0.2, 0.25) is 0 Å². The first kappa shape index (κ1) is 70.0. The highest BCUT2D eigenvalue weighted by molar-refractivity contribution is 5.86. The molecule has 0 unspecified atom stereocenters. The van der Waals surface area contributed by atoms with E-state index in [1.807, 2.05) is 0 Å². The third kappa shape index (κ3) is 56.9. The molecule has 58 heavy (non-hydrogen) atoms. The summed E-state index contributed by atoms with van der Waals surface area (Å²) in [6.07, 6.45) is 0.833. The molecule has 0 spiro atoms. The molecule has 0 aromatic heterocycles. The molecule has 0 heterocycles. The van der Waals surface area contributed by atoms with E-state index in [1.54, 1.807) is 0 Å². The first-order valence-corrected chi connectivity index (χ1v) is 15.6. The van der Waals surface area contributed by atoms with Gasteiger partial charge in [0.15, 0.2) is 0 Å². The Hall–Kier alpha value is -5.81. The predicted octanol–water partition coefficient (Wildman–Crippen LogP) is 1.07. The van der Waals surface area contributed by atoms with Crippen molar-refractivity contribution in [2.45, 2.75) is 41.5 Å². The minimum atomic E-state index is -1.16. The van der Waals surface area contributed by atoms with Crippen LogP contribution in [0.4, 0.5) is 0 Å². The van der Waals surface area contributed by atoms with Gasteiger partial charge in [-0.05, 0) is 41.5 Å². The number of aliphatic carboxylic acids is 7. The molecule has 0 radical (unpaired) electrons. The number of ether oxygens (including phenoxy) is 1. The number of carboxylic acids is 7. The summed E-state index contributed by atoms with van der Waals surface area (Å²) in [5, 5.41) is 109. The van der Waals surface area contributed by atoms with E-state index >= 15 is 0 Å². The van der Waals surface area contributed by atoms with Crippen molar-refractivity contribution in [1.82, 2.24) is 0 Å². The topological polar surface area (TPSA) is 392 Å². The van der Waals surface area contributed by atoms with Crippen molar-refractivity contribution >= 4 is 41.8 Å². The van der Waals surface area contributed by atoms with Gasteiger partial charge in [-0.2, -0.15) is 0 Å². The summed E-state index contributed by atoms with van der Waals surface area (Å²) in [5.74, 6) is -6.59. The maximum Gasteiger partial charge on any atom is 0.330 e. The maximum absolute atomic E-state index is 9.60. The molecule has 0 aromatic rings. The molecule has 21 nitrogen and oxygen atoms in total. The lowest BCUT2D eigenvalue weighted by Gasteiger charge is -2.31. The van der Waals surface area contributed by atoms with Gasteiger partial charge in [-0.3, -0.25) is 0 Å². The van der Waals surface area contributed by atoms with Gasteiger partial charge in [0.05, 0.1) is 63.7 Å². The molecular weight excluding hydrogens is 780 g/mol. The molecule has 336 valence electrons. The SMILES string of the molecule is C=C(C)C(=O)O.C=C(C)C(=O)O.C=C(C)C(=O)O.C=C(C)C(=O)O.C=C(C)C(=O)O.C=C(C)C(=O)O.C=CC(=O)O.OCC(CO)(CO)COCC(CO)(CO)CO. The summed E-state index contributed by atoms with van der Waals surface area (Å²) >= 11 is 0. The fourth-order valence-corrected chi connectivity index (χ4v) is 1.06. The molecule has 0 aliphatic heterocycles. The summed E-state index contributed by atoms with van der Waals surface area (Å²) < 4.78 is 5.15. The van der Waals surface area contributed by atoms with Crippen LogP contribution in [0.25, 0.3) is 0 Å². The van der Waals surface area contributed by atoms with Gasteiger partial charge in [0, 0.05) is 39.5 Å². The number of hydrogen-bond acceptors (Lipinski definition) is 14. The Morgan fingerprint density at radius 3 is 0.552 bits per heavy atom. The third-order valence-corrected chi connectivity index (χ3v) is 5.19. The molecule has 0 aliphatic carbocycles. The zero-order valence-corrected chi connectivity index (χ0v) is 33.8. The molecule has 0 saturated heterocycles. The molecule has 0 saturated carbocycles. The Balaban J connectivity index is -0.0000000869. The molecular formula is C37H62O21. The summed E-state index contributed by atoms with van der Waals surface area (Å²) in [7, 11) is 0. The van der Waals surface area contributed by atoms with Crippen LogP contribution >= 0.6 is 0 Å². The molecule has 0 fully saturated rings. The molecule has 21 heteroatoms. The van der Waals surface area contributed by atoms with Crippen molar-refractivity contribution in [2.24, 2.45) is 10.8 Å². The molecule has 0 rings (SSSR count). The molecule has 0 aliphatic rings. The zero-order valence-electron chi connectivity index (χ0n) is 33.8. The number of hydrogen-bond donors (Lipinski definition) is 13. The highest BCUT2D eigenvalue weighted by Gasteiger charge is 2.32. The second kappa shape index (κ2) is 42.3. The van der Waals surface area contributed by atoms with Crippen LogP contribution in [0.15, 0.2) is 85.6 Å². The van der Waals surface area contributed by atoms with E-state index in [9.17, 15) is 33.6 Å². The molecule has 0 atom stereocenters. The van der Waals surface area contributed by atoms with E-state index in [0.717, 1.165) is 6.08 Å². The Morgan fingerprint density at radius 1 is 0.397 bits per heavy atom. The molecule has 0 bridgehead atoms. The average molecular weight is 843 g/mol. The number of aliphatic hydroxyl groups is 6. The lowest BCUT2D eigenvalue weighted by molar-refractivity contribution is -0.133. The standard InChI is InChI=1S/C10H22O7.6C4H6O2.C3H4O2/c11-1-9(2-12,3-13)7-17-8-10(4-14,5-15)6-16;6*1-3(2)4(5)6;1-2-3(4)5/h11-16H,1-8H2;6*1H2,2H3,(H,5,6);2H,1H2,(H,4,5). The van der Waals surface area contributed by atoms with Gasteiger partial charge < -0.3 is 71.1 Å². The van der Waals surface area contributed by atoms with Crippen molar-refractivity contribution in [1.29, 1.82) is 0 Å². The van der Waals surface area contributed by atoms with E-state index in [2.05, 4.69) is 46.1 Å². The summed E-state index contributed by atoms with van der Waals surface area (Å²) in [5.41, 5.74) is -1.27. The number of carbonyl (C=O) groups is 7. The van der Waals surface area contributed by atoms with Crippen LogP contribution in [0, 0.1) is 10.8 Å². The third-order valence-electron chi connectivity index (χ3n) is 5.19. The normalized spacial score (nSPS) is 9.03. The Labute approximate surface area is 337 Å². The maximum atomic E-state index is 9.60. The minimum Gasteiger partial charge on any atom is -0.478 e. The first-order chi connectivity index (χ1) is 26.2. The predicted molar refractivity (Wildman–Crippen MR) is 211 cm³/mol. The Kier molecular flexibility index (Phi) is 51.1. The van der Waals surface area contributed by atoms with Crippen molar-refractivity contribution in [3.05, 3.63) is 85.6 Å². The fraction of sp³-hybridized carbons (Fsp3) is 0.432. The van der Waals surface area contributed by atoms with E-state index in [1.165, 1.54) is 41.5 Å². The van der Waals surface area contributed by atoms with Crippen molar-refractivity contribution in [2.75, 3.05) is 52.9 Å². The van der Waals surface area contributed by atoms with Gasteiger partial charge in [-0.1, -0.05) is 46.1 Å². The monoisotopic (exact) mass is 842 g/mol. The lowest BCUT2D eigenvalue weighted by atomic mass is 9.91. The largest absolute Gasteiger partial charge is 0.478 e. The second-order valence-corrected chi connectivity index (χ2v) is 11.5. The van der Waals surface area contributed by atoms with Crippen LogP contribution in [-0.4, -0.2) is 161 Å². The Morgan fingerprint density at radius 2 is 0.500 bits per heavy atom. The quantitative estimate of drug-likeness (QED) is 0.0911. The highest BCUT2D eigenvalue weighted by Crippen LogP contribution is 2.19. The second-order valence-electron chi connectivity index (χ2n) is 11.5. The van der Waals surface area contributed by atoms with Crippen LogP contribution in [-0.2, 0) is 38.3 Å². The summed E-state index contributed by atoms with van der Waals surface area (Å²) in [4.78, 5) is 66.8. The van der Waals surface area contributed by atoms with Crippen molar-refractivity contribution < 1.29 is 105 Å². The van der Waals surface area contributed by atoms with Crippen LogP contribution in [0.5, 0.6) is 0 Å². The Bertz CT molecular complexity index is 1060. The van der Waals surface area contributed by atoms with E-state index in [0.29, 0.717) is 0 Å². The van der Waals surface area contributed by atoms with Gasteiger partial charge in [0.25, 0.3) is 0 Å².